The molecule has 0 fully saturated rings. The van der Waals surface area contributed by atoms with E-state index in [1.807, 2.05) is 36.4 Å². The van der Waals surface area contributed by atoms with E-state index in [-0.39, 0.29) is 24.6 Å². The second-order valence-electron chi connectivity index (χ2n) is 8.39. The molecule has 0 bridgehead atoms. The molecule has 2 heterocycles. The average Bonchev–Trinajstić information content (AvgIpc) is 3.20. The fourth-order valence-corrected chi connectivity index (χ4v) is 4.24. The lowest BCUT2D eigenvalue weighted by molar-refractivity contribution is -0.0885. The highest BCUT2D eigenvalue weighted by Gasteiger charge is 2.39. The van der Waals surface area contributed by atoms with Crippen molar-refractivity contribution in [2.24, 2.45) is 0 Å². The Kier molecular flexibility index (Phi) is 5.55. The zero-order valence-corrected chi connectivity index (χ0v) is 18.6. The number of carbonyl (C=O) groups excluding carboxylic acids is 2. The van der Waals surface area contributed by atoms with Crippen LogP contribution in [0.1, 0.15) is 31.8 Å². The van der Waals surface area contributed by atoms with Crippen molar-refractivity contribution in [1.29, 1.82) is 0 Å². The van der Waals surface area contributed by atoms with E-state index in [4.69, 9.17) is 4.74 Å². The lowest BCUT2D eigenvalue weighted by Crippen LogP contribution is -2.33. The molecule has 0 atom stereocenters. The van der Waals surface area contributed by atoms with Gasteiger partial charge in [-0.25, -0.2) is 4.98 Å². The minimum atomic E-state index is -4.97. The number of hydrogen-bond donors (Lipinski definition) is 1. The molecule has 4 aromatic rings. The van der Waals surface area contributed by atoms with Crippen molar-refractivity contribution in [3.05, 3.63) is 83.2 Å². The second kappa shape index (κ2) is 8.57. The number of amides is 1. The van der Waals surface area contributed by atoms with Crippen LogP contribution in [0.4, 0.5) is 13.2 Å². The summed E-state index contributed by atoms with van der Waals surface area (Å²) in [4.78, 5) is 33.8. The fourth-order valence-electron chi connectivity index (χ4n) is 4.24. The molecule has 0 saturated heterocycles. The highest BCUT2D eigenvalue weighted by molar-refractivity contribution is 6.02. The molecule has 1 aliphatic rings. The van der Waals surface area contributed by atoms with Gasteiger partial charge in [-0.15, -0.1) is 0 Å². The van der Waals surface area contributed by atoms with E-state index < -0.39 is 17.5 Å². The summed E-state index contributed by atoms with van der Waals surface area (Å²) < 4.78 is 44.2. The molecule has 6 nitrogen and oxygen atoms in total. The molecule has 1 aromatic heterocycles. The minimum absolute atomic E-state index is 0.244. The lowest BCUT2D eigenvalue weighted by atomic mass is 10.00. The predicted molar refractivity (Wildman–Crippen MR) is 123 cm³/mol. The van der Waals surface area contributed by atoms with E-state index in [1.54, 1.807) is 11.2 Å². The molecule has 0 saturated carbocycles. The molecule has 3 aromatic carbocycles. The highest BCUT2D eigenvalue weighted by atomic mass is 19.4. The standard InChI is InChI=1S/C26H20F3N3O3/c1-15-10-18(24(33)26(27,28)29)2-5-20(15)25(34)32-8-9-35-23-7-4-16(11-19(23)13-32)17-3-6-21-22(12-17)31-14-30-21/h2-7,10-12,14H,8-9,13H2,1H3,(H,30,31). The number of ketones is 1. The lowest BCUT2D eigenvalue weighted by Gasteiger charge is -2.21. The highest BCUT2D eigenvalue weighted by Crippen LogP contribution is 2.31. The maximum atomic E-state index is 13.3. The van der Waals surface area contributed by atoms with Gasteiger partial charge in [0.25, 0.3) is 11.7 Å². The number of nitrogens with zero attached hydrogens (tertiary/aromatic N) is 2. The van der Waals surface area contributed by atoms with Gasteiger partial charge in [-0.1, -0.05) is 18.2 Å². The molecular weight excluding hydrogens is 459 g/mol. The monoisotopic (exact) mass is 479 g/mol. The Bertz CT molecular complexity index is 1460. The van der Waals surface area contributed by atoms with E-state index in [0.717, 1.165) is 39.9 Å². The van der Waals surface area contributed by atoms with Crippen LogP contribution in [0.25, 0.3) is 22.2 Å². The number of H-pyrrole nitrogens is 1. The van der Waals surface area contributed by atoms with E-state index in [9.17, 15) is 22.8 Å². The van der Waals surface area contributed by atoms with Crippen molar-refractivity contribution in [3.8, 4) is 16.9 Å². The van der Waals surface area contributed by atoms with Crippen LogP contribution in [0.3, 0.4) is 0 Å². The molecule has 0 unspecified atom stereocenters. The molecule has 1 aliphatic heterocycles. The number of aromatic amines is 1. The van der Waals surface area contributed by atoms with Gasteiger partial charge in [0.15, 0.2) is 0 Å². The summed E-state index contributed by atoms with van der Waals surface area (Å²) in [6.07, 6.45) is -3.33. The predicted octanol–water partition coefficient (Wildman–Crippen LogP) is 5.32. The maximum absolute atomic E-state index is 13.3. The fraction of sp³-hybridized carbons (Fsp3) is 0.192. The number of alkyl halides is 3. The van der Waals surface area contributed by atoms with Crippen LogP contribution in [-0.2, 0) is 6.54 Å². The van der Waals surface area contributed by atoms with Gasteiger partial charge in [0.05, 0.1) is 23.9 Å². The largest absolute Gasteiger partial charge is 0.491 e. The molecule has 178 valence electrons. The van der Waals surface area contributed by atoms with Gasteiger partial charge in [-0.3, -0.25) is 9.59 Å². The van der Waals surface area contributed by atoms with E-state index >= 15 is 0 Å². The summed E-state index contributed by atoms with van der Waals surface area (Å²) in [6, 6.07) is 15.1. The number of aromatic nitrogens is 2. The van der Waals surface area contributed by atoms with Crippen LogP contribution in [-0.4, -0.2) is 45.9 Å². The van der Waals surface area contributed by atoms with Gasteiger partial charge in [-0.05, 0) is 60.0 Å². The number of ether oxygens (including phenoxy) is 1. The first kappa shape index (κ1) is 22.6. The van der Waals surface area contributed by atoms with Gasteiger partial charge >= 0.3 is 6.18 Å². The zero-order valence-electron chi connectivity index (χ0n) is 18.6. The summed E-state index contributed by atoms with van der Waals surface area (Å²) >= 11 is 0. The van der Waals surface area contributed by atoms with Gasteiger partial charge in [0, 0.05) is 23.2 Å². The van der Waals surface area contributed by atoms with Gasteiger partial charge in [0.2, 0.25) is 0 Å². The third kappa shape index (κ3) is 4.37. The quantitative estimate of drug-likeness (QED) is 0.404. The Morgan fingerprint density at radius 2 is 1.80 bits per heavy atom. The summed E-state index contributed by atoms with van der Waals surface area (Å²) in [5.41, 5.74) is 4.58. The first-order chi connectivity index (χ1) is 16.7. The van der Waals surface area contributed by atoms with Crippen molar-refractivity contribution >= 4 is 22.7 Å². The number of nitrogens with one attached hydrogen (secondary N) is 1. The van der Waals surface area contributed by atoms with Crippen molar-refractivity contribution in [3.63, 3.8) is 0 Å². The van der Waals surface area contributed by atoms with E-state index in [0.29, 0.717) is 17.9 Å². The van der Waals surface area contributed by atoms with Gasteiger partial charge < -0.3 is 14.6 Å². The molecule has 0 spiro atoms. The molecule has 35 heavy (non-hydrogen) atoms. The number of fused-ring (bicyclic) bond motifs is 2. The zero-order chi connectivity index (χ0) is 24.7. The molecule has 1 N–H and O–H groups in total. The molecule has 5 rings (SSSR count). The number of imidazole rings is 1. The van der Waals surface area contributed by atoms with Crippen molar-refractivity contribution < 1.29 is 27.5 Å². The van der Waals surface area contributed by atoms with Crippen molar-refractivity contribution in [2.45, 2.75) is 19.6 Å². The van der Waals surface area contributed by atoms with Crippen LogP contribution >= 0.6 is 0 Å². The Hall–Kier alpha value is -4.14. The third-order valence-electron chi connectivity index (χ3n) is 6.06. The van der Waals surface area contributed by atoms with Crippen molar-refractivity contribution in [2.75, 3.05) is 13.2 Å². The molecule has 9 heteroatoms. The average molecular weight is 479 g/mol. The number of carbonyl (C=O) groups is 2. The van der Waals surface area contributed by atoms with Crippen LogP contribution in [0.2, 0.25) is 0 Å². The van der Waals surface area contributed by atoms with Gasteiger partial charge in [-0.2, -0.15) is 13.2 Å². The summed E-state index contributed by atoms with van der Waals surface area (Å²) in [5.74, 6) is -1.60. The topological polar surface area (TPSA) is 75.3 Å². The molecule has 1 amide bonds. The first-order valence-electron chi connectivity index (χ1n) is 10.9. The third-order valence-corrected chi connectivity index (χ3v) is 6.06. The number of benzene rings is 3. The SMILES string of the molecule is Cc1cc(C(=O)C(F)(F)F)ccc1C(=O)N1CCOc2ccc(-c3ccc4nc[nH]c4c3)cc2C1. The molecule has 0 aliphatic carbocycles. The second-order valence-corrected chi connectivity index (χ2v) is 8.39. The van der Waals surface area contributed by atoms with Crippen LogP contribution in [0.5, 0.6) is 5.75 Å². The van der Waals surface area contributed by atoms with Gasteiger partial charge in [0.1, 0.15) is 12.4 Å². The maximum Gasteiger partial charge on any atom is 0.454 e. The molecule has 0 radical (unpaired) electrons. The Morgan fingerprint density at radius 3 is 2.57 bits per heavy atom. The summed E-state index contributed by atoms with van der Waals surface area (Å²) in [5, 5.41) is 0. The van der Waals surface area contributed by atoms with E-state index in [2.05, 4.69) is 9.97 Å². The normalized spacial score (nSPS) is 13.8. The van der Waals surface area contributed by atoms with Crippen molar-refractivity contribution in [1.82, 2.24) is 14.9 Å². The summed E-state index contributed by atoms with van der Waals surface area (Å²) in [6.45, 7) is 2.39. The Balaban J connectivity index is 1.42. The number of Topliss-reactive ketones (excluding diaryl/α,β-unsaturated/α-hetero) is 1. The van der Waals surface area contributed by atoms with Crippen LogP contribution < -0.4 is 4.74 Å². The smallest absolute Gasteiger partial charge is 0.454 e. The number of halogens is 3. The van der Waals surface area contributed by atoms with Crippen LogP contribution in [0.15, 0.2) is 60.9 Å². The molecular formula is C26H20F3N3O3. The summed E-state index contributed by atoms with van der Waals surface area (Å²) in [7, 11) is 0. The number of rotatable bonds is 3. The van der Waals surface area contributed by atoms with E-state index in [1.165, 1.54) is 13.0 Å². The number of aryl methyl sites for hydroxylation is 1. The Morgan fingerprint density at radius 1 is 1.03 bits per heavy atom. The Labute approximate surface area is 198 Å². The van der Waals surface area contributed by atoms with Crippen LogP contribution in [0, 0.1) is 6.92 Å². The first-order valence-corrected chi connectivity index (χ1v) is 10.9. The minimum Gasteiger partial charge on any atom is -0.491 e. The number of hydrogen-bond acceptors (Lipinski definition) is 4.